The lowest BCUT2D eigenvalue weighted by atomic mass is 10.1. The molecule has 0 radical (unpaired) electrons. The Hall–Kier alpha value is -2.04. The first kappa shape index (κ1) is 21.3. The summed E-state index contributed by atoms with van der Waals surface area (Å²) in [6.07, 6.45) is 3.80. The number of thioether (sulfide) groups is 2. The van der Waals surface area contributed by atoms with E-state index in [-0.39, 0.29) is 4.32 Å². The molecular formula is C17H17NO6S3. The van der Waals surface area contributed by atoms with E-state index in [4.69, 9.17) is 22.1 Å². The van der Waals surface area contributed by atoms with E-state index in [2.05, 4.69) is 0 Å². The average molecular weight is 428 g/mol. The highest BCUT2D eigenvalue weighted by atomic mass is 32.2. The van der Waals surface area contributed by atoms with Gasteiger partial charge in [0.15, 0.2) is 6.61 Å². The summed E-state index contributed by atoms with van der Waals surface area (Å²) in [7, 11) is 0. The Morgan fingerprint density at radius 2 is 2.00 bits per heavy atom. The molecule has 0 aromatic heterocycles. The lowest BCUT2D eigenvalue weighted by Crippen LogP contribution is -2.44. The number of benzene rings is 1. The molecule has 1 heterocycles. The van der Waals surface area contributed by atoms with E-state index in [1.165, 1.54) is 11.8 Å². The average Bonchev–Trinajstić information content (AvgIpc) is 2.89. The molecule has 1 aromatic rings. The maximum atomic E-state index is 12.7. The fourth-order valence-corrected chi connectivity index (χ4v) is 4.11. The zero-order valence-corrected chi connectivity index (χ0v) is 16.7. The van der Waals surface area contributed by atoms with Crippen molar-refractivity contribution in [1.82, 2.24) is 4.90 Å². The van der Waals surface area contributed by atoms with Crippen molar-refractivity contribution >= 4 is 64.0 Å². The van der Waals surface area contributed by atoms with Crippen LogP contribution in [0.5, 0.6) is 5.75 Å². The number of nitrogens with zero attached hydrogens (tertiary/aromatic N) is 1. The Kier molecular flexibility index (Phi) is 7.69. The predicted octanol–water partition coefficient (Wildman–Crippen LogP) is 2.56. The molecule has 1 aromatic carbocycles. The maximum Gasteiger partial charge on any atom is 0.341 e. The van der Waals surface area contributed by atoms with E-state index >= 15 is 0 Å². The third-order valence-corrected chi connectivity index (χ3v) is 5.53. The van der Waals surface area contributed by atoms with E-state index in [0.29, 0.717) is 28.4 Å². The molecule has 0 saturated carbocycles. The Bertz CT molecular complexity index is 777. The Morgan fingerprint density at radius 1 is 1.33 bits per heavy atom. The highest BCUT2D eigenvalue weighted by Gasteiger charge is 2.40. The Balaban J connectivity index is 2.15. The van der Waals surface area contributed by atoms with Gasteiger partial charge in [-0.1, -0.05) is 36.1 Å². The van der Waals surface area contributed by atoms with Crippen LogP contribution in [0.15, 0.2) is 29.2 Å². The molecule has 7 nitrogen and oxygen atoms in total. The molecule has 0 aliphatic carbocycles. The predicted molar refractivity (Wildman–Crippen MR) is 109 cm³/mol. The fourth-order valence-electron chi connectivity index (χ4n) is 2.30. The number of amides is 1. The molecule has 27 heavy (non-hydrogen) atoms. The zero-order chi connectivity index (χ0) is 20.0. The van der Waals surface area contributed by atoms with Gasteiger partial charge in [-0.05, 0) is 42.2 Å². The molecule has 1 amide bonds. The second-order valence-corrected chi connectivity index (χ2v) is 8.10. The van der Waals surface area contributed by atoms with Crippen LogP contribution >= 0.6 is 35.7 Å². The van der Waals surface area contributed by atoms with Crippen LogP contribution in [0.25, 0.3) is 6.08 Å². The minimum atomic E-state index is -1.08. The van der Waals surface area contributed by atoms with Gasteiger partial charge in [0.05, 0.1) is 4.91 Å². The molecule has 0 bridgehead atoms. The monoisotopic (exact) mass is 427 g/mol. The van der Waals surface area contributed by atoms with E-state index < -0.39 is 30.5 Å². The van der Waals surface area contributed by atoms with Gasteiger partial charge in [0, 0.05) is 0 Å². The minimum Gasteiger partial charge on any atom is -0.482 e. The van der Waals surface area contributed by atoms with Gasteiger partial charge < -0.3 is 14.9 Å². The molecule has 2 rings (SSSR count). The largest absolute Gasteiger partial charge is 0.482 e. The molecule has 2 N–H and O–H groups in total. The maximum absolute atomic E-state index is 12.7. The summed E-state index contributed by atoms with van der Waals surface area (Å²) >= 11 is 7.79. The molecular weight excluding hydrogens is 410 g/mol. The standard InChI is InChI=1S/C17H17NO6S3/c1-26-7-6-12(16(22)23)18-15(21)13(27-17(18)25)8-10-2-4-11(5-3-10)24-9-14(19)20/h2-5,8,12H,6-7,9H2,1H3,(H,19,20)(H,22,23)/b13-8-. The number of carboxylic acid groups (broad SMARTS) is 2. The number of hydrogen-bond donors (Lipinski definition) is 2. The van der Waals surface area contributed by atoms with Crippen LogP contribution in [0.2, 0.25) is 0 Å². The van der Waals surface area contributed by atoms with Crippen LogP contribution in [-0.4, -0.2) is 61.9 Å². The lowest BCUT2D eigenvalue weighted by Gasteiger charge is -2.22. The number of ether oxygens (including phenoxy) is 1. The summed E-state index contributed by atoms with van der Waals surface area (Å²) in [6, 6.07) is 5.54. The number of hydrogen-bond acceptors (Lipinski definition) is 7. The van der Waals surface area contributed by atoms with Crippen molar-refractivity contribution in [1.29, 1.82) is 0 Å². The smallest absolute Gasteiger partial charge is 0.341 e. The summed E-state index contributed by atoms with van der Waals surface area (Å²) < 4.78 is 5.28. The van der Waals surface area contributed by atoms with Gasteiger partial charge in [-0.3, -0.25) is 9.69 Å². The van der Waals surface area contributed by atoms with Crippen molar-refractivity contribution < 1.29 is 29.3 Å². The van der Waals surface area contributed by atoms with Gasteiger partial charge in [0.1, 0.15) is 16.1 Å². The molecule has 1 aliphatic heterocycles. The number of rotatable bonds is 9. The molecule has 144 valence electrons. The van der Waals surface area contributed by atoms with Crippen LogP contribution in [-0.2, 0) is 14.4 Å². The summed E-state index contributed by atoms with van der Waals surface area (Å²) in [5, 5.41) is 18.0. The van der Waals surface area contributed by atoms with Gasteiger partial charge in [-0.2, -0.15) is 11.8 Å². The van der Waals surface area contributed by atoms with Crippen LogP contribution in [0.4, 0.5) is 0 Å². The van der Waals surface area contributed by atoms with E-state index in [9.17, 15) is 19.5 Å². The molecule has 1 fully saturated rings. The minimum absolute atomic E-state index is 0.223. The topological polar surface area (TPSA) is 104 Å². The van der Waals surface area contributed by atoms with Crippen LogP contribution in [0, 0.1) is 0 Å². The highest BCUT2D eigenvalue weighted by molar-refractivity contribution is 8.26. The van der Waals surface area contributed by atoms with E-state index in [1.54, 1.807) is 30.3 Å². The molecule has 1 aliphatic rings. The first-order chi connectivity index (χ1) is 12.8. The van der Waals surface area contributed by atoms with Crippen LogP contribution < -0.4 is 4.74 Å². The van der Waals surface area contributed by atoms with Crippen molar-refractivity contribution in [3.8, 4) is 5.75 Å². The number of carbonyl (C=O) groups is 3. The van der Waals surface area contributed by atoms with Gasteiger partial charge in [-0.25, -0.2) is 9.59 Å². The lowest BCUT2D eigenvalue weighted by molar-refractivity contribution is -0.145. The Labute approximate surface area is 169 Å². The first-order valence-electron chi connectivity index (χ1n) is 7.77. The van der Waals surface area contributed by atoms with Crippen molar-refractivity contribution in [3.63, 3.8) is 0 Å². The SMILES string of the molecule is CSCCC(C(=O)O)N1C(=O)/C(=C/c2ccc(OCC(=O)O)cc2)SC1=S. The third kappa shape index (κ3) is 5.72. The number of thiocarbonyl (C=S) groups is 1. The van der Waals surface area contributed by atoms with Crippen molar-refractivity contribution in [2.75, 3.05) is 18.6 Å². The second kappa shape index (κ2) is 9.77. The summed E-state index contributed by atoms with van der Waals surface area (Å²) in [6.45, 7) is -0.440. The molecule has 0 spiro atoms. The van der Waals surface area contributed by atoms with Crippen molar-refractivity contribution in [2.45, 2.75) is 12.5 Å². The van der Waals surface area contributed by atoms with E-state index in [1.807, 2.05) is 6.26 Å². The van der Waals surface area contributed by atoms with Gasteiger partial charge >= 0.3 is 11.9 Å². The van der Waals surface area contributed by atoms with Gasteiger partial charge in [0.25, 0.3) is 5.91 Å². The zero-order valence-electron chi connectivity index (χ0n) is 14.3. The first-order valence-corrected chi connectivity index (χ1v) is 10.4. The van der Waals surface area contributed by atoms with Gasteiger partial charge in [-0.15, -0.1) is 0 Å². The summed E-state index contributed by atoms with van der Waals surface area (Å²) in [5.41, 5.74) is 0.689. The second-order valence-electron chi connectivity index (χ2n) is 5.44. The third-order valence-electron chi connectivity index (χ3n) is 3.56. The molecule has 1 saturated heterocycles. The molecule has 1 unspecified atom stereocenters. The van der Waals surface area contributed by atoms with Gasteiger partial charge in [0.2, 0.25) is 0 Å². The Morgan fingerprint density at radius 3 is 2.56 bits per heavy atom. The quantitative estimate of drug-likeness (QED) is 0.454. The number of aliphatic carboxylic acids is 2. The van der Waals surface area contributed by atoms with Crippen LogP contribution in [0.1, 0.15) is 12.0 Å². The van der Waals surface area contributed by atoms with Crippen molar-refractivity contribution in [3.05, 3.63) is 34.7 Å². The fraction of sp³-hybridized carbons (Fsp3) is 0.294. The van der Waals surface area contributed by atoms with Crippen LogP contribution in [0.3, 0.4) is 0 Å². The number of carbonyl (C=O) groups excluding carboxylic acids is 1. The normalized spacial score (nSPS) is 16.6. The highest BCUT2D eigenvalue weighted by Crippen LogP contribution is 2.35. The van der Waals surface area contributed by atoms with Crippen molar-refractivity contribution in [2.24, 2.45) is 0 Å². The summed E-state index contributed by atoms with van der Waals surface area (Å²) in [4.78, 5) is 36.2. The summed E-state index contributed by atoms with van der Waals surface area (Å²) in [5.74, 6) is -1.58. The molecule has 10 heteroatoms. The number of carboxylic acids is 2. The van der Waals surface area contributed by atoms with E-state index in [0.717, 1.165) is 16.7 Å². The molecule has 1 atom stereocenters.